The lowest BCUT2D eigenvalue weighted by atomic mass is 9.87. The highest BCUT2D eigenvalue weighted by Crippen LogP contribution is 2.25. The zero-order valence-electron chi connectivity index (χ0n) is 23.3. The molecular formula is C32H39BrN2O3. The van der Waals surface area contributed by atoms with E-state index in [4.69, 9.17) is 4.74 Å². The molecule has 3 aromatic rings. The first-order chi connectivity index (χ1) is 17.8. The van der Waals surface area contributed by atoms with Gasteiger partial charge in [0.05, 0.1) is 0 Å². The maximum absolute atomic E-state index is 13.7. The second kappa shape index (κ2) is 12.6. The summed E-state index contributed by atoms with van der Waals surface area (Å²) < 4.78 is 6.84. The highest BCUT2D eigenvalue weighted by molar-refractivity contribution is 9.10. The molecular weight excluding hydrogens is 540 g/mol. The Morgan fingerprint density at radius 1 is 0.868 bits per heavy atom. The second-order valence-electron chi connectivity index (χ2n) is 11.7. The lowest BCUT2D eigenvalue weighted by molar-refractivity contribution is -0.143. The maximum Gasteiger partial charge on any atom is 0.261 e. The average Bonchev–Trinajstić information content (AvgIpc) is 2.84. The van der Waals surface area contributed by atoms with Gasteiger partial charge in [-0.2, -0.15) is 0 Å². The molecule has 202 valence electrons. The molecule has 3 aromatic carbocycles. The number of carbonyl (C=O) groups excluding carboxylic acids is 2. The van der Waals surface area contributed by atoms with Gasteiger partial charge in [0.15, 0.2) is 6.61 Å². The number of benzene rings is 3. The van der Waals surface area contributed by atoms with Gasteiger partial charge >= 0.3 is 0 Å². The largest absolute Gasteiger partial charge is 0.484 e. The predicted octanol–water partition coefficient (Wildman–Crippen LogP) is 6.68. The molecule has 6 heteroatoms. The Bertz CT molecular complexity index is 1210. The number of hydrogen-bond acceptors (Lipinski definition) is 3. The van der Waals surface area contributed by atoms with Crippen LogP contribution in [-0.4, -0.2) is 34.9 Å². The summed E-state index contributed by atoms with van der Waals surface area (Å²) in [6, 6.07) is 24.7. The van der Waals surface area contributed by atoms with E-state index in [1.807, 2.05) is 99.6 Å². The van der Waals surface area contributed by atoms with E-state index < -0.39 is 11.6 Å². The minimum Gasteiger partial charge on any atom is -0.484 e. The molecule has 0 aromatic heterocycles. The topological polar surface area (TPSA) is 58.6 Å². The van der Waals surface area contributed by atoms with Gasteiger partial charge in [0, 0.05) is 23.0 Å². The van der Waals surface area contributed by atoms with Crippen molar-refractivity contribution in [1.29, 1.82) is 0 Å². The van der Waals surface area contributed by atoms with Crippen molar-refractivity contribution in [3.05, 3.63) is 100 Å². The van der Waals surface area contributed by atoms with Crippen molar-refractivity contribution in [2.45, 2.75) is 71.5 Å². The summed E-state index contributed by atoms with van der Waals surface area (Å²) in [5.41, 5.74) is 2.67. The van der Waals surface area contributed by atoms with Crippen LogP contribution < -0.4 is 10.1 Å². The van der Waals surface area contributed by atoms with Gasteiger partial charge in [0.2, 0.25) is 5.91 Å². The summed E-state index contributed by atoms with van der Waals surface area (Å²) in [5, 5.41) is 3.08. The van der Waals surface area contributed by atoms with E-state index in [9.17, 15) is 9.59 Å². The molecule has 2 amide bonds. The van der Waals surface area contributed by atoms with Crippen molar-refractivity contribution >= 4 is 27.7 Å². The molecule has 0 fully saturated rings. The van der Waals surface area contributed by atoms with Gasteiger partial charge in [0.25, 0.3) is 5.91 Å². The van der Waals surface area contributed by atoms with E-state index >= 15 is 0 Å². The predicted molar refractivity (Wildman–Crippen MR) is 157 cm³/mol. The molecule has 0 spiro atoms. The molecule has 0 heterocycles. The average molecular weight is 580 g/mol. The van der Waals surface area contributed by atoms with Crippen molar-refractivity contribution in [2.75, 3.05) is 6.61 Å². The Morgan fingerprint density at radius 3 is 2.08 bits per heavy atom. The molecule has 1 N–H and O–H groups in total. The van der Waals surface area contributed by atoms with Gasteiger partial charge < -0.3 is 15.0 Å². The number of halogens is 1. The lowest BCUT2D eigenvalue weighted by Gasteiger charge is -2.33. The summed E-state index contributed by atoms with van der Waals surface area (Å²) in [5.74, 6) is 0.168. The first-order valence-electron chi connectivity index (χ1n) is 12.9. The molecule has 3 rings (SSSR count). The van der Waals surface area contributed by atoms with Gasteiger partial charge in [-0.15, -0.1) is 0 Å². The molecule has 1 atom stereocenters. The van der Waals surface area contributed by atoms with Crippen LogP contribution in [0, 0.1) is 0 Å². The molecule has 0 aliphatic carbocycles. The Balaban J connectivity index is 1.90. The summed E-state index contributed by atoms with van der Waals surface area (Å²) in [6.45, 7) is 12.4. The monoisotopic (exact) mass is 578 g/mol. The first-order valence-corrected chi connectivity index (χ1v) is 13.7. The van der Waals surface area contributed by atoms with Crippen LogP contribution in [0.4, 0.5) is 0 Å². The van der Waals surface area contributed by atoms with Crippen LogP contribution in [0.1, 0.15) is 58.2 Å². The zero-order chi connectivity index (χ0) is 27.9. The molecule has 0 saturated heterocycles. The van der Waals surface area contributed by atoms with Crippen LogP contribution >= 0.6 is 15.9 Å². The van der Waals surface area contributed by atoms with Gasteiger partial charge in [-0.3, -0.25) is 9.59 Å². The number of rotatable bonds is 9. The van der Waals surface area contributed by atoms with Crippen LogP contribution in [0.3, 0.4) is 0 Å². The van der Waals surface area contributed by atoms with E-state index in [1.165, 1.54) is 5.56 Å². The third kappa shape index (κ3) is 9.02. The molecule has 0 aliphatic heterocycles. The Kier molecular flexibility index (Phi) is 9.77. The van der Waals surface area contributed by atoms with E-state index in [0.29, 0.717) is 12.2 Å². The summed E-state index contributed by atoms with van der Waals surface area (Å²) in [6.07, 6.45) is 0.392. The van der Waals surface area contributed by atoms with Crippen LogP contribution in [-0.2, 0) is 28.0 Å². The fourth-order valence-corrected chi connectivity index (χ4v) is 4.56. The highest BCUT2D eigenvalue weighted by atomic mass is 79.9. The van der Waals surface area contributed by atoms with Gasteiger partial charge in [-0.25, -0.2) is 0 Å². The second-order valence-corrected chi connectivity index (χ2v) is 12.6. The summed E-state index contributed by atoms with van der Waals surface area (Å²) in [7, 11) is 0. The molecule has 0 aliphatic rings. The third-order valence-corrected chi connectivity index (χ3v) is 6.59. The van der Waals surface area contributed by atoms with E-state index in [2.05, 4.69) is 42.0 Å². The number of hydrogen-bond donors (Lipinski definition) is 1. The fourth-order valence-electron chi connectivity index (χ4n) is 4.12. The number of carbonyl (C=O) groups is 2. The van der Waals surface area contributed by atoms with Crippen molar-refractivity contribution in [1.82, 2.24) is 10.2 Å². The van der Waals surface area contributed by atoms with Crippen LogP contribution in [0.15, 0.2) is 83.3 Å². The van der Waals surface area contributed by atoms with E-state index in [1.54, 1.807) is 4.90 Å². The molecule has 0 saturated carbocycles. The summed E-state index contributed by atoms with van der Waals surface area (Å²) >= 11 is 3.52. The minimum absolute atomic E-state index is 0.0280. The molecule has 38 heavy (non-hydrogen) atoms. The van der Waals surface area contributed by atoms with Crippen molar-refractivity contribution in [3.8, 4) is 5.75 Å². The molecule has 0 unspecified atom stereocenters. The number of ether oxygens (including phenoxy) is 1. The van der Waals surface area contributed by atoms with Gasteiger partial charge in [-0.1, -0.05) is 91.3 Å². The lowest BCUT2D eigenvalue weighted by Crippen LogP contribution is -2.55. The van der Waals surface area contributed by atoms with Crippen LogP contribution in [0.25, 0.3) is 0 Å². The number of nitrogens with zero attached hydrogens (tertiary/aromatic N) is 1. The summed E-state index contributed by atoms with van der Waals surface area (Å²) in [4.78, 5) is 29.0. The third-order valence-electron chi connectivity index (χ3n) is 6.09. The molecule has 0 bridgehead atoms. The van der Waals surface area contributed by atoms with Crippen molar-refractivity contribution in [2.24, 2.45) is 0 Å². The first kappa shape index (κ1) is 29.4. The standard InChI is InChI=1S/C32H39BrN2O3/c1-31(2,3)25-15-17-27(18-16-25)38-22-29(36)35(21-24-13-10-14-26(33)19-24)28(30(37)34-32(4,5)6)20-23-11-8-7-9-12-23/h7-19,28H,20-22H2,1-6H3,(H,34,37)/t28-/m0/s1. The normalized spacial score (nSPS) is 12.5. The van der Waals surface area contributed by atoms with Gasteiger partial charge in [0.1, 0.15) is 11.8 Å². The van der Waals surface area contributed by atoms with E-state index in [0.717, 1.165) is 15.6 Å². The number of amides is 2. The van der Waals surface area contributed by atoms with Crippen molar-refractivity contribution < 1.29 is 14.3 Å². The SMILES string of the molecule is CC(C)(C)NC(=O)[C@H](Cc1ccccc1)N(Cc1cccc(Br)c1)C(=O)COc1ccc(C(C)(C)C)cc1. The molecule has 0 radical (unpaired) electrons. The van der Waals surface area contributed by atoms with Crippen LogP contribution in [0.2, 0.25) is 0 Å². The smallest absolute Gasteiger partial charge is 0.261 e. The quantitative estimate of drug-likeness (QED) is 0.308. The molecule has 5 nitrogen and oxygen atoms in total. The zero-order valence-corrected chi connectivity index (χ0v) is 24.8. The fraction of sp³-hybridized carbons (Fsp3) is 0.375. The highest BCUT2D eigenvalue weighted by Gasteiger charge is 2.32. The van der Waals surface area contributed by atoms with E-state index in [-0.39, 0.29) is 30.4 Å². The number of nitrogens with one attached hydrogen (secondary N) is 1. The Hall–Kier alpha value is -3.12. The minimum atomic E-state index is -0.713. The maximum atomic E-state index is 13.7. The van der Waals surface area contributed by atoms with Gasteiger partial charge in [-0.05, 0) is 67.1 Å². The Labute approximate surface area is 235 Å². The Morgan fingerprint density at radius 2 is 1.50 bits per heavy atom. The van der Waals surface area contributed by atoms with Crippen molar-refractivity contribution in [3.63, 3.8) is 0 Å². The van der Waals surface area contributed by atoms with Crippen LogP contribution in [0.5, 0.6) is 5.75 Å².